The summed E-state index contributed by atoms with van der Waals surface area (Å²) in [6.07, 6.45) is 0. The summed E-state index contributed by atoms with van der Waals surface area (Å²) in [7, 11) is -8.16. The molecule has 0 spiro atoms. The Labute approximate surface area is 303 Å². The molecule has 0 bridgehead atoms. The zero-order valence-electron chi connectivity index (χ0n) is 29.3. The van der Waals surface area contributed by atoms with Gasteiger partial charge in [0, 0.05) is 22.7 Å². The highest BCUT2D eigenvalue weighted by Crippen LogP contribution is 2.28. The van der Waals surface area contributed by atoms with Gasteiger partial charge in [0.05, 0.1) is 0 Å². The van der Waals surface area contributed by atoms with Gasteiger partial charge in [-0.15, -0.1) is 0 Å². The van der Waals surface area contributed by atoms with Crippen LogP contribution in [0.2, 0.25) is 0 Å². The summed E-state index contributed by atoms with van der Waals surface area (Å²) in [5.41, 5.74) is 5.77. The van der Waals surface area contributed by atoms with E-state index in [2.05, 4.69) is 21.3 Å². The van der Waals surface area contributed by atoms with E-state index >= 15 is 0 Å². The summed E-state index contributed by atoms with van der Waals surface area (Å²) in [4.78, 5) is 25.6. The summed E-state index contributed by atoms with van der Waals surface area (Å²) in [5.74, 6) is 0.172. The number of nitrogens with one attached hydrogen (secondary N) is 4. The molecule has 0 aromatic heterocycles. The van der Waals surface area contributed by atoms with E-state index < -0.39 is 32.3 Å². The van der Waals surface area contributed by atoms with E-state index in [0.29, 0.717) is 45.0 Å². The fourth-order valence-corrected chi connectivity index (χ4v) is 8.62. The molecule has 4 amide bonds. The van der Waals surface area contributed by atoms with Crippen LogP contribution in [0, 0.1) is 41.5 Å². The molecule has 0 heterocycles. The van der Waals surface area contributed by atoms with Crippen molar-refractivity contribution in [3.63, 3.8) is 0 Å². The number of benzene rings is 5. The zero-order valence-corrected chi connectivity index (χ0v) is 31.0. The van der Waals surface area contributed by atoms with Gasteiger partial charge in [0.25, 0.3) is 0 Å². The van der Waals surface area contributed by atoms with E-state index in [1.807, 2.05) is 13.8 Å². The number of aryl methyl sites for hydroxylation is 6. The maximum atomic E-state index is 13.0. The Hall–Kier alpha value is -5.86. The molecule has 14 heteroatoms. The van der Waals surface area contributed by atoms with Crippen molar-refractivity contribution in [3.8, 4) is 11.5 Å². The first-order valence-electron chi connectivity index (χ1n) is 16.0. The van der Waals surface area contributed by atoms with Gasteiger partial charge in [0.2, 0.25) is 0 Å². The van der Waals surface area contributed by atoms with Crippen molar-refractivity contribution >= 4 is 55.0 Å². The van der Waals surface area contributed by atoms with E-state index in [9.17, 15) is 26.4 Å². The lowest BCUT2D eigenvalue weighted by Gasteiger charge is -2.14. The van der Waals surface area contributed by atoms with Gasteiger partial charge in [-0.2, -0.15) is 16.8 Å². The number of rotatable bonds is 10. The van der Waals surface area contributed by atoms with Crippen molar-refractivity contribution in [2.24, 2.45) is 0 Å². The molecular formula is C38H38N4O8S2. The number of urea groups is 2. The summed E-state index contributed by atoms with van der Waals surface area (Å²) in [6.45, 7) is 10.6. The molecule has 5 aromatic rings. The molecule has 0 aliphatic carbocycles. The van der Waals surface area contributed by atoms with Crippen molar-refractivity contribution in [1.82, 2.24) is 0 Å². The Morgan fingerprint density at radius 3 is 1.08 bits per heavy atom. The van der Waals surface area contributed by atoms with Crippen LogP contribution in [-0.2, 0) is 20.2 Å². The predicted octanol–water partition coefficient (Wildman–Crippen LogP) is 8.36. The number of hydrogen-bond donors (Lipinski definition) is 4. The molecule has 0 atom stereocenters. The molecule has 0 radical (unpaired) electrons. The minimum absolute atomic E-state index is 0.0860. The molecule has 52 heavy (non-hydrogen) atoms. The molecule has 0 aliphatic heterocycles. The molecule has 0 aliphatic rings. The van der Waals surface area contributed by atoms with Gasteiger partial charge in [-0.05, 0) is 131 Å². The first-order chi connectivity index (χ1) is 24.5. The Kier molecular flexibility index (Phi) is 10.9. The maximum Gasteiger partial charge on any atom is 0.339 e. The quantitative estimate of drug-likeness (QED) is 0.104. The van der Waals surface area contributed by atoms with E-state index in [0.717, 1.165) is 11.1 Å². The van der Waals surface area contributed by atoms with Crippen LogP contribution in [0.5, 0.6) is 11.5 Å². The Balaban J connectivity index is 1.13. The first kappa shape index (κ1) is 37.4. The predicted molar refractivity (Wildman–Crippen MR) is 202 cm³/mol. The van der Waals surface area contributed by atoms with Crippen molar-refractivity contribution < 1.29 is 34.8 Å². The molecule has 0 fully saturated rings. The Morgan fingerprint density at radius 1 is 0.442 bits per heavy atom. The van der Waals surface area contributed by atoms with Gasteiger partial charge in [0.15, 0.2) is 0 Å². The second kappa shape index (κ2) is 15.2. The molecule has 270 valence electrons. The van der Waals surface area contributed by atoms with Crippen LogP contribution in [-0.4, -0.2) is 28.9 Å². The lowest BCUT2D eigenvalue weighted by Crippen LogP contribution is -2.21. The summed E-state index contributed by atoms with van der Waals surface area (Å²) < 4.78 is 62.6. The van der Waals surface area contributed by atoms with Crippen LogP contribution in [0.1, 0.15) is 33.4 Å². The highest BCUT2D eigenvalue weighted by atomic mass is 32.2. The third-order valence-corrected chi connectivity index (χ3v) is 10.8. The normalized spacial score (nSPS) is 11.3. The minimum atomic E-state index is -4.08. The van der Waals surface area contributed by atoms with Crippen LogP contribution in [0.25, 0.3) is 0 Å². The van der Waals surface area contributed by atoms with Gasteiger partial charge in [-0.1, -0.05) is 41.5 Å². The Morgan fingerprint density at radius 2 is 0.750 bits per heavy atom. The van der Waals surface area contributed by atoms with Crippen LogP contribution in [0.3, 0.4) is 0 Å². The summed E-state index contributed by atoms with van der Waals surface area (Å²) in [5, 5.41) is 10.7. The smallest absolute Gasteiger partial charge is 0.339 e. The van der Waals surface area contributed by atoms with E-state index in [1.165, 1.54) is 48.5 Å². The lowest BCUT2D eigenvalue weighted by atomic mass is 10.1. The summed E-state index contributed by atoms with van der Waals surface area (Å²) >= 11 is 0. The fourth-order valence-electron chi connectivity index (χ4n) is 5.91. The zero-order chi connectivity index (χ0) is 37.8. The van der Waals surface area contributed by atoms with Gasteiger partial charge in [-0.3, -0.25) is 0 Å². The van der Waals surface area contributed by atoms with Crippen LogP contribution in [0.15, 0.2) is 107 Å². The number of anilines is 4. The largest absolute Gasteiger partial charge is 0.379 e. The summed E-state index contributed by atoms with van der Waals surface area (Å²) in [6, 6.07) is 24.2. The standard InChI is InChI=1S/C38H38N4O8S2/c1-23-18-25(3)35(26(4)19-23)51(45,46)49-33-14-10-29(11-15-33)39-37(43)41-31-8-7-9-32(22-31)42-38(44)40-30-12-16-34(17-13-30)50-52(47,48)36-27(5)20-24(2)21-28(36)6/h7-22H,1-6H3,(H2,39,41,43)(H2,40,42,44). The highest BCUT2D eigenvalue weighted by molar-refractivity contribution is 7.87. The average molecular weight is 743 g/mol. The molecule has 5 aromatic carbocycles. The lowest BCUT2D eigenvalue weighted by molar-refractivity contribution is 0.261. The molecule has 0 unspecified atom stereocenters. The van der Waals surface area contributed by atoms with Crippen molar-refractivity contribution in [1.29, 1.82) is 0 Å². The molecule has 0 saturated heterocycles. The molecule has 4 N–H and O–H groups in total. The SMILES string of the molecule is Cc1cc(C)c(S(=O)(=O)Oc2ccc(NC(=O)Nc3cccc(NC(=O)Nc4ccc(OS(=O)(=O)c5c(C)cc(C)cc5C)cc4)c3)cc2)c(C)c1. The molecule has 5 rings (SSSR count). The van der Waals surface area contributed by atoms with E-state index in [1.54, 1.807) is 76.2 Å². The van der Waals surface area contributed by atoms with E-state index in [4.69, 9.17) is 8.37 Å². The number of carbonyl (C=O) groups is 2. The van der Waals surface area contributed by atoms with Gasteiger partial charge in [0.1, 0.15) is 21.3 Å². The van der Waals surface area contributed by atoms with Gasteiger partial charge in [-0.25, -0.2) is 9.59 Å². The van der Waals surface area contributed by atoms with Crippen molar-refractivity contribution in [2.45, 2.75) is 51.3 Å². The first-order valence-corrected chi connectivity index (χ1v) is 18.8. The van der Waals surface area contributed by atoms with E-state index in [-0.39, 0.29) is 21.3 Å². The number of amides is 4. The third-order valence-electron chi connectivity index (χ3n) is 7.72. The van der Waals surface area contributed by atoms with Gasteiger partial charge < -0.3 is 29.6 Å². The molecular weight excluding hydrogens is 705 g/mol. The second-order valence-electron chi connectivity index (χ2n) is 12.3. The highest BCUT2D eigenvalue weighted by Gasteiger charge is 2.23. The Bertz CT molecular complexity index is 2170. The second-order valence-corrected chi connectivity index (χ2v) is 15.3. The fraction of sp³-hybridized carbons (Fsp3) is 0.158. The number of hydrogen-bond acceptors (Lipinski definition) is 8. The molecule has 12 nitrogen and oxygen atoms in total. The van der Waals surface area contributed by atoms with Crippen molar-refractivity contribution in [2.75, 3.05) is 21.3 Å². The average Bonchev–Trinajstić information content (AvgIpc) is 3.01. The monoisotopic (exact) mass is 742 g/mol. The van der Waals surface area contributed by atoms with Gasteiger partial charge >= 0.3 is 32.3 Å². The van der Waals surface area contributed by atoms with Crippen molar-refractivity contribution in [3.05, 3.63) is 130 Å². The maximum absolute atomic E-state index is 13.0. The third kappa shape index (κ3) is 9.27. The van der Waals surface area contributed by atoms with Crippen LogP contribution >= 0.6 is 0 Å². The van der Waals surface area contributed by atoms with Crippen LogP contribution in [0.4, 0.5) is 32.3 Å². The topological polar surface area (TPSA) is 169 Å². The minimum Gasteiger partial charge on any atom is -0.379 e. The van der Waals surface area contributed by atoms with Crippen LogP contribution < -0.4 is 29.6 Å². The molecule has 0 saturated carbocycles. The number of carbonyl (C=O) groups excluding carboxylic acids is 2.